The molecule has 1 aromatic heterocycles. The van der Waals surface area contributed by atoms with Crippen molar-refractivity contribution in [2.75, 3.05) is 13.1 Å². The van der Waals surface area contributed by atoms with Crippen molar-refractivity contribution < 1.29 is 4.42 Å². The third kappa shape index (κ3) is 2.72. The number of rotatable bonds is 4. The van der Waals surface area contributed by atoms with E-state index in [-0.39, 0.29) is 0 Å². The van der Waals surface area contributed by atoms with Gasteiger partial charge in [0.2, 0.25) is 0 Å². The molecule has 0 spiro atoms. The Labute approximate surface area is 116 Å². The van der Waals surface area contributed by atoms with Crippen LogP contribution in [0.25, 0.3) is 0 Å². The highest BCUT2D eigenvalue weighted by Crippen LogP contribution is 2.41. The summed E-state index contributed by atoms with van der Waals surface area (Å²) >= 11 is 0. The van der Waals surface area contributed by atoms with Crippen LogP contribution in [0.4, 0.5) is 0 Å². The molecule has 2 heterocycles. The smallest absolute Gasteiger partial charge is 0.118 e. The van der Waals surface area contributed by atoms with Crippen LogP contribution in [0.2, 0.25) is 0 Å². The molecule has 1 aromatic rings. The molecular weight excluding hydrogens is 236 g/mol. The number of hydrogen-bond acceptors (Lipinski definition) is 3. The van der Waals surface area contributed by atoms with Gasteiger partial charge in [-0.3, -0.25) is 4.90 Å². The topological polar surface area (TPSA) is 28.4 Å². The quantitative estimate of drug-likeness (QED) is 0.904. The van der Waals surface area contributed by atoms with Crippen molar-refractivity contribution in [3.63, 3.8) is 0 Å². The largest absolute Gasteiger partial charge is 0.465 e. The molecule has 0 radical (unpaired) electrons. The van der Waals surface area contributed by atoms with Gasteiger partial charge in [0.15, 0.2) is 0 Å². The fourth-order valence-corrected chi connectivity index (χ4v) is 3.44. The lowest BCUT2D eigenvalue weighted by atomic mass is 9.90. The predicted octanol–water partition coefficient (Wildman–Crippen LogP) is 2.94. The van der Waals surface area contributed by atoms with E-state index in [1.54, 1.807) is 0 Å². The first-order valence-electron chi connectivity index (χ1n) is 7.65. The molecule has 0 bridgehead atoms. The van der Waals surface area contributed by atoms with Crippen LogP contribution in [0.5, 0.6) is 0 Å². The molecule has 3 rings (SSSR count). The Morgan fingerprint density at radius 2 is 2.21 bits per heavy atom. The normalized spacial score (nSPS) is 32.7. The maximum Gasteiger partial charge on any atom is 0.118 e. The molecule has 0 amide bonds. The molecule has 1 saturated carbocycles. The van der Waals surface area contributed by atoms with Crippen molar-refractivity contribution in [1.29, 1.82) is 0 Å². The zero-order chi connectivity index (χ0) is 13.5. The van der Waals surface area contributed by atoms with Crippen LogP contribution >= 0.6 is 0 Å². The van der Waals surface area contributed by atoms with Gasteiger partial charge in [-0.05, 0) is 51.2 Å². The molecule has 2 atom stereocenters. The lowest BCUT2D eigenvalue weighted by Gasteiger charge is -2.46. The van der Waals surface area contributed by atoms with Gasteiger partial charge in [-0.25, -0.2) is 0 Å². The molecule has 1 saturated heterocycles. The number of nitrogens with zero attached hydrogens (tertiary/aromatic N) is 1. The summed E-state index contributed by atoms with van der Waals surface area (Å²) in [7, 11) is 0. The van der Waals surface area contributed by atoms with Gasteiger partial charge in [-0.1, -0.05) is 6.92 Å². The fraction of sp³-hybridized carbons (Fsp3) is 0.750. The number of furan rings is 1. The zero-order valence-electron chi connectivity index (χ0n) is 12.4. The lowest BCUT2D eigenvalue weighted by Crippen LogP contribution is -2.63. The highest BCUT2D eigenvalue weighted by molar-refractivity contribution is 5.08. The molecule has 1 aliphatic carbocycles. The molecule has 3 heteroatoms. The Morgan fingerprint density at radius 3 is 2.79 bits per heavy atom. The molecule has 1 aliphatic heterocycles. The highest BCUT2D eigenvalue weighted by Gasteiger charge is 2.45. The zero-order valence-corrected chi connectivity index (χ0v) is 12.4. The predicted molar refractivity (Wildman–Crippen MR) is 77.1 cm³/mol. The lowest BCUT2D eigenvalue weighted by molar-refractivity contribution is 0.0609. The van der Waals surface area contributed by atoms with Gasteiger partial charge in [0.05, 0.1) is 6.54 Å². The van der Waals surface area contributed by atoms with E-state index in [1.165, 1.54) is 19.3 Å². The Kier molecular flexibility index (Phi) is 3.44. The van der Waals surface area contributed by atoms with E-state index >= 15 is 0 Å². The maximum atomic E-state index is 5.76. The van der Waals surface area contributed by atoms with Crippen LogP contribution in [0.1, 0.15) is 44.6 Å². The summed E-state index contributed by atoms with van der Waals surface area (Å²) < 4.78 is 5.76. The Bertz CT molecular complexity index is 438. The van der Waals surface area contributed by atoms with E-state index in [2.05, 4.69) is 36.2 Å². The maximum absolute atomic E-state index is 5.76. The van der Waals surface area contributed by atoms with E-state index in [9.17, 15) is 0 Å². The third-order valence-electron chi connectivity index (χ3n) is 4.89. The standard InChI is InChI=1S/C16H26N2O/c1-4-14-9-17-16(3,13-6-7-13)11-18(14)10-15-8-5-12(2)19-15/h5,8,13-14,17H,4,6-7,9-11H2,1-3H3. The average Bonchev–Trinajstić information content (AvgIpc) is 3.16. The van der Waals surface area contributed by atoms with Gasteiger partial charge in [0, 0.05) is 24.7 Å². The van der Waals surface area contributed by atoms with E-state index in [1.807, 2.05) is 6.92 Å². The number of nitrogens with one attached hydrogen (secondary N) is 1. The van der Waals surface area contributed by atoms with Crippen molar-refractivity contribution in [3.05, 3.63) is 23.7 Å². The average molecular weight is 262 g/mol. The summed E-state index contributed by atoms with van der Waals surface area (Å²) in [5, 5.41) is 3.81. The first kappa shape index (κ1) is 13.2. The summed E-state index contributed by atoms with van der Waals surface area (Å²) in [5.41, 5.74) is 0.313. The van der Waals surface area contributed by atoms with Gasteiger partial charge in [-0.2, -0.15) is 0 Å². The highest BCUT2D eigenvalue weighted by atomic mass is 16.3. The Balaban J connectivity index is 1.71. The SMILES string of the molecule is CCC1CNC(C)(C2CC2)CN1Cc1ccc(C)o1. The molecule has 0 aromatic carbocycles. The third-order valence-corrected chi connectivity index (χ3v) is 4.89. The van der Waals surface area contributed by atoms with Crippen molar-refractivity contribution in [3.8, 4) is 0 Å². The summed E-state index contributed by atoms with van der Waals surface area (Å²) in [6, 6.07) is 4.83. The molecule has 2 unspecified atom stereocenters. The molecule has 19 heavy (non-hydrogen) atoms. The minimum atomic E-state index is 0.313. The molecule has 2 fully saturated rings. The second kappa shape index (κ2) is 4.95. The van der Waals surface area contributed by atoms with Gasteiger partial charge in [-0.15, -0.1) is 0 Å². The van der Waals surface area contributed by atoms with Crippen LogP contribution in [0.3, 0.4) is 0 Å². The van der Waals surface area contributed by atoms with Gasteiger partial charge < -0.3 is 9.73 Å². The van der Waals surface area contributed by atoms with Crippen LogP contribution in [-0.4, -0.2) is 29.6 Å². The van der Waals surface area contributed by atoms with Crippen LogP contribution in [0, 0.1) is 12.8 Å². The van der Waals surface area contributed by atoms with Crippen molar-refractivity contribution >= 4 is 0 Å². The molecule has 3 nitrogen and oxygen atoms in total. The minimum Gasteiger partial charge on any atom is -0.465 e. The van der Waals surface area contributed by atoms with Crippen LogP contribution in [-0.2, 0) is 6.54 Å². The van der Waals surface area contributed by atoms with E-state index in [4.69, 9.17) is 4.42 Å². The van der Waals surface area contributed by atoms with Gasteiger partial charge >= 0.3 is 0 Å². The van der Waals surface area contributed by atoms with E-state index in [0.717, 1.165) is 37.1 Å². The monoisotopic (exact) mass is 262 g/mol. The summed E-state index contributed by atoms with van der Waals surface area (Å²) in [4.78, 5) is 2.62. The summed E-state index contributed by atoms with van der Waals surface area (Å²) in [5.74, 6) is 3.00. The molecule has 2 aliphatic rings. The van der Waals surface area contributed by atoms with Gasteiger partial charge in [0.1, 0.15) is 11.5 Å². The molecule has 1 N–H and O–H groups in total. The summed E-state index contributed by atoms with van der Waals surface area (Å²) in [6.45, 7) is 9.92. The summed E-state index contributed by atoms with van der Waals surface area (Å²) in [6.07, 6.45) is 4.00. The molecule has 106 valence electrons. The second-order valence-electron chi connectivity index (χ2n) is 6.55. The fourth-order valence-electron chi connectivity index (χ4n) is 3.44. The number of piperazine rings is 1. The Morgan fingerprint density at radius 1 is 1.42 bits per heavy atom. The van der Waals surface area contributed by atoms with E-state index in [0.29, 0.717) is 11.6 Å². The number of aryl methyl sites for hydroxylation is 1. The van der Waals surface area contributed by atoms with Crippen LogP contribution in [0.15, 0.2) is 16.5 Å². The first-order chi connectivity index (χ1) is 9.10. The number of hydrogen-bond donors (Lipinski definition) is 1. The minimum absolute atomic E-state index is 0.313. The first-order valence-corrected chi connectivity index (χ1v) is 7.65. The molecular formula is C16H26N2O. The second-order valence-corrected chi connectivity index (χ2v) is 6.55. The van der Waals surface area contributed by atoms with Crippen molar-refractivity contribution in [2.24, 2.45) is 5.92 Å². The van der Waals surface area contributed by atoms with E-state index < -0.39 is 0 Å². The Hall–Kier alpha value is -0.800. The van der Waals surface area contributed by atoms with Crippen LogP contribution < -0.4 is 5.32 Å². The van der Waals surface area contributed by atoms with Crippen molar-refractivity contribution in [2.45, 2.75) is 58.2 Å². The van der Waals surface area contributed by atoms with Gasteiger partial charge in [0.25, 0.3) is 0 Å². The van der Waals surface area contributed by atoms with Crippen molar-refractivity contribution in [1.82, 2.24) is 10.2 Å².